The van der Waals surface area contributed by atoms with E-state index in [1.54, 1.807) is 6.33 Å². The van der Waals surface area contributed by atoms with Crippen LogP contribution in [-0.4, -0.2) is 35.1 Å². The molecule has 0 aliphatic carbocycles. The minimum Gasteiger partial charge on any atom is -0.369 e. The van der Waals surface area contributed by atoms with Crippen molar-refractivity contribution in [2.24, 2.45) is 5.73 Å². The quantitative estimate of drug-likeness (QED) is 0.702. The Labute approximate surface area is 106 Å². The van der Waals surface area contributed by atoms with E-state index in [2.05, 4.69) is 25.2 Å². The molecule has 18 heavy (non-hydrogen) atoms. The van der Waals surface area contributed by atoms with E-state index in [9.17, 15) is 0 Å². The van der Waals surface area contributed by atoms with Gasteiger partial charge in [-0.25, -0.2) is 9.97 Å². The van der Waals surface area contributed by atoms with Gasteiger partial charge in [0.1, 0.15) is 18.0 Å². The lowest BCUT2D eigenvalue weighted by Gasteiger charge is -2.17. The third-order valence-corrected chi connectivity index (χ3v) is 2.58. The van der Waals surface area contributed by atoms with Crippen LogP contribution in [0.25, 0.3) is 0 Å². The van der Waals surface area contributed by atoms with E-state index in [0.29, 0.717) is 13.1 Å². The summed E-state index contributed by atoms with van der Waals surface area (Å²) in [6.45, 7) is 2.09. The fourth-order valence-corrected chi connectivity index (χ4v) is 1.66. The molecule has 2 rings (SSSR count). The normalized spacial score (nSPS) is 10.3. The number of rotatable bonds is 6. The van der Waals surface area contributed by atoms with E-state index in [4.69, 9.17) is 5.73 Å². The van der Waals surface area contributed by atoms with E-state index in [1.165, 1.54) is 5.56 Å². The minimum absolute atomic E-state index is 0.582. The van der Waals surface area contributed by atoms with E-state index in [0.717, 1.165) is 18.2 Å². The number of hydrogen-bond acceptors (Lipinski definition) is 5. The first kappa shape index (κ1) is 12.4. The highest BCUT2D eigenvalue weighted by Gasteiger charge is 2.05. The highest BCUT2D eigenvalue weighted by Crippen LogP contribution is 2.14. The van der Waals surface area contributed by atoms with Gasteiger partial charge < -0.3 is 20.9 Å². The summed E-state index contributed by atoms with van der Waals surface area (Å²) in [5, 5.41) is 3.14. The van der Waals surface area contributed by atoms with Crippen molar-refractivity contribution in [2.45, 2.75) is 6.54 Å². The summed E-state index contributed by atoms with van der Waals surface area (Å²) >= 11 is 0. The Kier molecular flexibility index (Phi) is 4.14. The monoisotopic (exact) mass is 246 g/mol. The Hall–Kier alpha value is -2.08. The second-order valence-corrected chi connectivity index (χ2v) is 4.05. The maximum Gasteiger partial charge on any atom is 0.134 e. The standard InChI is InChI=1S/C12H18N6/c1-18(8-10-2-4-14-7-10)12-6-11(15-5-3-13)16-9-17-12/h2,4,6-7,9,14H,3,5,8,13H2,1H3,(H,15,16,17). The molecule has 0 amide bonds. The Morgan fingerprint density at radius 1 is 1.44 bits per heavy atom. The van der Waals surface area contributed by atoms with Crippen LogP contribution in [-0.2, 0) is 6.54 Å². The summed E-state index contributed by atoms with van der Waals surface area (Å²) < 4.78 is 0. The molecule has 2 aromatic heterocycles. The smallest absolute Gasteiger partial charge is 0.134 e. The number of aromatic amines is 1. The Morgan fingerprint density at radius 3 is 3.06 bits per heavy atom. The molecule has 0 spiro atoms. The minimum atomic E-state index is 0.582. The van der Waals surface area contributed by atoms with Crippen molar-refractivity contribution >= 4 is 11.6 Å². The van der Waals surface area contributed by atoms with Crippen LogP contribution in [0.2, 0.25) is 0 Å². The van der Waals surface area contributed by atoms with Crippen molar-refractivity contribution < 1.29 is 0 Å². The highest BCUT2D eigenvalue weighted by atomic mass is 15.2. The van der Waals surface area contributed by atoms with Crippen LogP contribution in [0, 0.1) is 0 Å². The second kappa shape index (κ2) is 6.02. The summed E-state index contributed by atoms with van der Waals surface area (Å²) in [7, 11) is 2.00. The van der Waals surface area contributed by atoms with Gasteiger partial charge in [0.05, 0.1) is 0 Å². The molecule has 96 valence electrons. The number of anilines is 2. The van der Waals surface area contributed by atoms with E-state index < -0.39 is 0 Å². The summed E-state index contributed by atoms with van der Waals surface area (Å²) in [6, 6.07) is 3.97. The SMILES string of the molecule is CN(Cc1cc[nH]c1)c1cc(NCCN)ncn1. The Morgan fingerprint density at radius 2 is 2.33 bits per heavy atom. The van der Waals surface area contributed by atoms with E-state index >= 15 is 0 Å². The van der Waals surface area contributed by atoms with Gasteiger partial charge in [0.25, 0.3) is 0 Å². The third kappa shape index (κ3) is 3.21. The zero-order valence-electron chi connectivity index (χ0n) is 10.4. The van der Waals surface area contributed by atoms with Gasteiger partial charge in [-0.3, -0.25) is 0 Å². The molecular formula is C12H18N6. The van der Waals surface area contributed by atoms with Gasteiger partial charge >= 0.3 is 0 Å². The second-order valence-electron chi connectivity index (χ2n) is 4.05. The van der Waals surface area contributed by atoms with Crippen molar-refractivity contribution in [3.05, 3.63) is 36.4 Å². The first-order valence-electron chi connectivity index (χ1n) is 5.88. The molecule has 0 aliphatic heterocycles. The zero-order valence-corrected chi connectivity index (χ0v) is 10.4. The zero-order chi connectivity index (χ0) is 12.8. The molecule has 0 aromatic carbocycles. The van der Waals surface area contributed by atoms with Crippen LogP contribution in [0.15, 0.2) is 30.9 Å². The molecule has 2 aromatic rings. The summed E-state index contributed by atoms with van der Waals surface area (Å²) in [6.07, 6.45) is 5.45. The largest absolute Gasteiger partial charge is 0.369 e. The molecular weight excluding hydrogens is 228 g/mol. The average molecular weight is 246 g/mol. The lowest BCUT2D eigenvalue weighted by molar-refractivity contribution is 0.890. The average Bonchev–Trinajstić information content (AvgIpc) is 2.89. The molecule has 0 aliphatic rings. The van der Waals surface area contributed by atoms with Crippen LogP contribution in [0.3, 0.4) is 0 Å². The fraction of sp³-hybridized carbons (Fsp3) is 0.333. The van der Waals surface area contributed by atoms with Crippen LogP contribution >= 0.6 is 0 Å². The highest BCUT2D eigenvalue weighted by molar-refractivity contribution is 5.48. The van der Waals surface area contributed by atoms with Gasteiger partial charge in [-0.05, 0) is 11.6 Å². The first-order chi connectivity index (χ1) is 8.79. The maximum absolute atomic E-state index is 5.44. The lowest BCUT2D eigenvalue weighted by atomic mass is 10.3. The van der Waals surface area contributed by atoms with Gasteiger partial charge in [-0.1, -0.05) is 0 Å². The van der Waals surface area contributed by atoms with Crippen molar-refractivity contribution in [3.63, 3.8) is 0 Å². The number of nitrogens with two attached hydrogens (primary N) is 1. The van der Waals surface area contributed by atoms with Gasteiger partial charge in [-0.15, -0.1) is 0 Å². The van der Waals surface area contributed by atoms with E-state index in [-0.39, 0.29) is 0 Å². The first-order valence-corrected chi connectivity index (χ1v) is 5.88. The number of H-pyrrole nitrogens is 1. The predicted octanol–water partition coefficient (Wildman–Crippen LogP) is 0.812. The number of hydrogen-bond donors (Lipinski definition) is 3. The number of aromatic nitrogens is 3. The number of nitrogens with zero attached hydrogens (tertiary/aromatic N) is 3. The molecule has 0 radical (unpaired) electrons. The van der Waals surface area contributed by atoms with Crippen molar-refractivity contribution in [2.75, 3.05) is 30.4 Å². The molecule has 0 fully saturated rings. The lowest BCUT2D eigenvalue weighted by Crippen LogP contribution is -2.18. The summed E-state index contributed by atoms with van der Waals surface area (Å²) in [5.41, 5.74) is 6.66. The van der Waals surface area contributed by atoms with Gasteiger partial charge in [0, 0.05) is 45.1 Å². The van der Waals surface area contributed by atoms with Crippen LogP contribution < -0.4 is 16.0 Å². The predicted molar refractivity (Wildman–Crippen MR) is 72.5 cm³/mol. The van der Waals surface area contributed by atoms with E-state index in [1.807, 2.05) is 31.6 Å². The van der Waals surface area contributed by atoms with Crippen molar-refractivity contribution in [3.8, 4) is 0 Å². The maximum atomic E-state index is 5.44. The molecule has 6 heteroatoms. The molecule has 0 saturated heterocycles. The molecule has 0 saturated carbocycles. The third-order valence-electron chi connectivity index (χ3n) is 2.58. The Bertz CT molecular complexity index is 467. The topological polar surface area (TPSA) is 82.9 Å². The number of nitrogens with one attached hydrogen (secondary N) is 2. The van der Waals surface area contributed by atoms with Crippen LogP contribution in [0.1, 0.15) is 5.56 Å². The van der Waals surface area contributed by atoms with Gasteiger partial charge in [0.2, 0.25) is 0 Å². The molecule has 6 nitrogen and oxygen atoms in total. The van der Waals surface area contributed by atoms with Gasteiger partial charge in [0.15, 0.2) is 0 Å². The van der Waals surface area contributed by atoms with Crippen molar-refractivity contribution in [1.82, 2.24) is 15.0 Å². The molecule has 0 unspecified atom stereocenters. The van der Waals surface area contributed by atoms with Gasteiger partial charge in [-0.2, -0.15) is 0 Å². The van der Waals surface area contributed by atoms with Crippen LogP contribution in [0.4, 0.5) is 11.6 Å². The molecule has 0 atom stereocenters. The molecule has 4 N–H and O–H groups in total. The molecule has 0 bridgehead atoms. The fourth-order valence-electron chi connectivity index (χ4n) is 1.66. The van der Waals surface area contributed by atoms with Crippen LogP contribution in [0.5, 0.6) is 0 Å². The summed E-state index contributed by atoms with van der Waals surface area (Å²) in [5.74, 6) is 1.68. The Balaban J connectivity index is 2.03. The molecule has 2 heterocycles. The van der Waals surface area contributed by atoms with Crippen molar-refractivity contribution in [1.29, 1.82) is 0 Å². The summed E-state index contributed by atoms with van der Waals surface area (Å²) in [4.78, 5) is 13.5.